The maximum Gasteiger partial charge on any atom is 0.250 e. The Morgan fingerprint density at radius 2 is 2.00 bits per heavy atom. The van der Waals surface area contributed by atoms with Crippen LogP contribution in [0.3, 0.4) is 0 Å². The van der Waals surface area contributed by atoms with E-state index in [0.29, 0.717) is 5.69 Å². The first-order valence-electron chi connectivity index (χ1n) is 6.68. The highest BCUT2D eigenvalue weighted by Crippen LogP contribution is 2.28. The van der Waals surface area contributed by atoms with Crippen molar-refractivity contribution in [3.63, 3.8) is 0 Å². The highest BCUT2D eigenvalue weighted by atomic mass is 19.1. The van der Waals surface area contributed by atoms with Crippen LogP contribution in [0.25, 0.3) is 0 Å². The van der Waals surface area contributed by atoms with E-state index in [4.69, 9.17) is 4.74 Å². The van der Waals surface area contributed by atoms with Gasteiger partial charge in [0.1, 0.15) is 12.6 Å². The van der Waals surface area contributed by atoms with Crippen LogP contribution in [0.2, 0.25) is 0 Å². The molecule has 0 spiro atoms. The molecule has 1 saturated heterocycles. The molecule has 0 aromatic heterocycles. The third kappa shape index (κ3) is 2.99. The fraction of sp³-hybridized carbons (Fsp3) is 0.467. The molecule has 0 bridgehead atoms. The van der Waals surface area contributed by atoms with E-state index in [0.717, 1.165) is 0 Å². The first kappa shape index (κ1) is 15.3. The van der Waals surface area contributed by atoms with Crippen LogP contribution in [-0.4, -0.2) is 31.5 Å². The lowest BCUT2D eigenvalue weighted by Crippen LogP contribution is -2.62. The summed E-state index contributed by atoms with van der Waals surface area (Å²) in [5.41, 5.74) is -0.0708. The molecule has 5 nitrogen and oxygen atoms in total. The van der Waals surface area contributed by atoms with Gasteiger partial charge in [0.15, 0.2) is 11.6 Å². The molecular formula is C15H19FN2O3. The van der Waals surface area contributed by atoms with Gasteiger partial charge < -0.3 is 15.0 Å². The smallest absolute Gasteiger partial charge is 0.250 e. The number of carbonyl (C=O) groups excluding carboxylic acids is 2. The van der Waals surface area contributed by atoms with Gasteiger partial charge in [-0.25, -0.2) is 4.39 Å². The number of nitrogens with one attached hydrogen (secondary N) is 1. The van der Waals surface area contributed by atoms with Gasteiger partial charge in [-0.05, 0) is 17.5 Å². The van der Waals surface area contributed by atoms with Crippen molar-refractivity contribution >= 4 is 17.5 Å². The van der Waals surface area contributed by atoms with Crippen LogP contribution in [-0.2, 0) is 9.59 Å². The average molecular weight is 294 g/mol. The van der Waals surface area contributed by atoms with Crippen LogP contribution in [0.1, 0.15) is 20.8 Å². The number of methoxy groups -OCH3 is 1. The maximum atomic E-state index is 13.8. The van der Waals surface area contributed by atoms with Crippen molar-refractivity contribution in [3.05, 3.63) is 24.0 Å². The lowest BCUT2D eigenvalue weighted by molar-refractivity contribution is -0.133. The van der Waals surface area contributed by atoms with Crippen LogP contribution >= 0.6 is 0 Å². The second-order valence-electron chi connectivity index (χ2n) is 6.11. The Balaban J connectivity index is 2.36. The number of halogens is 1. The number of rotatable bonds is 2. The van der Waals surface area contributed by atoms with E-state index in [1.807, 2.05) is 20.8 Å². The van der Waals surface area contributed by atoms with Gasteiger partial charge in [-0.15, -0.1) is 0 Å². The van der Waals surface area contributed by atoms with Crippen molar-refractivity contribution in [2.24, 2.45) is 5.41 Å². The second kappa shape index (κ2) is 5.35. The summed E-state index contributed by atoms with van der Waals surface area (Å²) < 4.78 is 18.7. The van der Waals surface area contributed by atoms with Crippen LogP contribution in [0.4, 0.5) is 10.1 Å². The Morgan fingerprint density at radius 3 is 2.52 bits per heavy atom. The third-order valence-electron chi connectivity index (χ3n) is 3.43. The number of ether oxygens (including phenoxy) is 1. The summed E-state index contributed by atoms with van der Waals surface area (Å²) in [7, 11) is 1.37. The molecule has 114 valence electrons. The minimum atomic E-state index is -0.635. The lowest BCUT2D eigenvalue weighted by atomic mass is 9.84. The number of anilines is 1. The zero-order chi connectivity index (χ0) is 15.8. The average Bonchev–Trinajstić information content (AvgIpc) is 2.39. The van der Waals surface area contributed by atoms with Gasteiger partial charge in [-0.2, -0.15) is 0 Å². The van der Waals surface area contributed by atoms with Crippen molar-refractivity contribution in [2.45, 2.75) is 26.8 Å². The summed E-state index contributed by atoms with van der Waals surface area (Å²) >= 11 is 0. The standard InChI is InChI=1S/C15H19FN2O3/c1-15(2,3)13-14(20)18(8-12(19)17-13)9-5-6-11(21-4)10(16)7-9/h5-7,13H,8H2,1-4H3,(H,17,19). The normalized spacial score (nSPS) is 19.5. The second-order valence-corrected chi connectivity index (χ2v) is 6.11. The monoisotopic (exact) mass is 294 g/mol. The summed E-state index contributed by atoms with van der Waals surface area (Å²) in [4.78, 5) is 25.7. The largest absolute Gasteiger partial charge is 0.494 e. The van der Waals surface area contributed by atoms with E-state index in [9.17, 15) is 14.0 Å². The highest BCUT2D eigenvalue weighted by molar-refractivity contribution is 6.06. The van der Waals surface area contributed by atoms with Crippen molar-refractivity contribution in [1.82, 2.24) is 5.32 Å². The fourth-order valence-electron chi connectivity index (χ4n) is 2.27. The number of piperazine rings is 1. The molecule has 1 aliphatic heterocycles. The fourth-order valence-corrected chi connectivity index (χ4v) is 2.27. The number of carbonyl (C=O) groups is 2. The Hall–Kier alpha value is -2.11. The van der Waals surface area contributed by atoms with Crippen molar-refractivity contribution in [2.75, 3.05) is 18.6 Å². The van der Waals surface area contributed by atoms with Crippen molar-refractivity contribution in [1.29, 1.82) is 0 Å². The summed E-state index contributed by atoms with van der Waals surface area (Å²) in [6.45, 7) is 5.49. The van der Waals surface area contributed by atoms with Gasteiger partial charge in [-0.1, -0.05) is 20.8 Å². The van der Waals surface area contributed by atoms with Gasteiger partial charge in [0.25, 0.3) is 5.91 Å². The molecule has 2 rings (SSSR count). The molecule has 0 saturated carbocycles. The zero-order valence-corrected chi connectivity index (χ0v) is 12.6. The number of hydrogen-bond donors (Lipinski definition) is 1. The molecule has 1 heterocycles. The van der Waals surface area contributed by atoms with Crippen molar-refractivity contribution < 1.29 is 18.7 Å². The van der Waals surface area contributed by atoms with Crippen LogP contribution in [0.15, 0.2) is 18.2 Å². The zero-order valence-electron chi connectivity index (χ0n) is 12.6. The highest BCUT2D eigenvalue weighted by Gasteiger charge is 2.40. The summed E-state index contributed by atoms with van der Waals surface area (Å²) in [6, 6.07) is 3.58. The molecule has 2 amide bonds. The Kier molecular flexibility index (Phi) is 3.89. The molecule has 0 radical (unpaired) electrons. The van der Waals surface area contributed by atoms with Gasteiger partial charge in [0.2, 0.25) is 5.91 Å². The number of hydrogen-bond acceptors (Lipinski definition) is 3. The molecule has 1 unspecified atom stereocenters. The molecule has 1 aromatic rings. The van der Waals surface area contributed by atoms with Crippen LogP contribution < -0.4 is 15.0 Å². The van der Waals surface area contributed by atoms with Gasteiger partial charge >= 0.3 is 0 Å². The Labute approximate surface area is 123 Å². The van der Waals surface area contributed by atoms with Crippen LogP contribution in [0, 0.1) is 11.2 Å². The van der Waals surface area contributed by atoms with E-state index >= 15 is 0 Å². The SMILES string of the molecule is COc1ccc(N2CC(=O)NC(C(C)(C)C)C2=O)cc1F. The first-order chi connectivity index (χ1) is 9.74. The predicted molar refractivity (Wildman–Crippen MR) is 76.7 cm³/mol. The van der Waals surface area contributed by atoms with Crippen molar-refractivity contribution in [3.8, 4) is 5.75 Å². The molecule has 1 atom stereocenters. The van der Waals surface area contributed by atoms with Gasteiger partial charge in [-0.3, -0.25) is 9.59 Å². The lowest BCUT2D eigenvalue weighted by Gasteiger charge is -2.38. The van der Waals surface area contributed by atoms with E-state index in [1.54, 1.807) is 6.07 Å². The van der Waals surface area contributed by atoms with E-state index in [1.165, 1.54) is 24.1 Å². The Bertz CT molecular complexity index is 581. The quantitative estimate of drug-likeness (QED) is 0.903. The van der Waals surface area contributed by atoms with Gasteiger partial charge in [0, 0.05) is 11.8 Å². The molecule has 6 heteroatoms. The summed E-state index contributed by atoms with van der Waals surface area (Å²) in [5.74, 6) is -0.974. The third-order valence-corrected chi connectivity index (χ3v) is 3.43. The number of benzene rings is 1. The molecule has 0 aliphatic carbocycles. The molecule has 21 heavy (non-hydrogen) atoms. The minimum Gasteiger partial charge on any atom is -0.494 e. The first-order valence-corrected chi connectivity index (χ1v) is 6.68. The van der Waals surface area contributed by atoms with Crippen LogP contribution in [0.5, 0.6) is 5.75 Å². The van der Waals surface area contributed by atoms with Gasteiger partial charge in [0.05, 0.1) is 7.11 Å². The molecule has 1 N–H and O–H groups in total. The van der Waals surface area contributed by atoms with E-state index in [-0.39, 0.29) is 24.1 Å². The Morgan fingerprint density at radius 1 is 1.33 bits per heavy atom. The minimum absolute atomic E-state index is 0.0973. The molecular weight excluding hydrogens is 275 g/mol. The summed E-state index contributed by atoms with van der Waals surface area (Å²) in [5, 5.41) is 2.69. The topological polar surface area (TPSA) is 58.6 Å². The number of amides is 2. The maximum absolute atomic E-state index is 13.8. The summed E-state index contributed by atoms with van der Waals surface area (Å²) in [6.07, 6.45) is 0. The molecule has 1 aliphatic rings. The number of nitrogens with zero attached hydrogens (tertiary/aromatic N) is 1. The predicted octanol–water partition coefficient (Wildman–Crippen LogP) is 1.71. The van der Waals surface area contributed by atoms with E-state index < -0.39 is 17.3 Å². The van der Waals surface area contributed by atoms with E-state index in [2.05, 4.69) is 5.32 Å². The molecule has 1 aromatic carbocycles. The molecule has 1 fully saturated rings.